The number of nitrogens with one attached hydrogen (secondary N) is 4. The molecule has 0 aliphatic rings. The number of carbonyl (C=O) groups excluding carboxylic acids is 6. The van der Waals surface area contributed by atoms with Crippen molar-refractivity contribution >= 4 is 35.9 Å². The molecule has 14 heteroatoms. The van der Waals surface area contributed by atoms with Crippen LogP contribution in [-0.4, -0.2) is 78.9 Å². The second-order valence-corrected chi connectivity index (χ2v) is 12.9. The summed E-state index contributed by atoms with van der Waals surface area (Å²) in [6, 6.07) is 12.0. The van der Waals surface area contributed by atoms with Crippen LogP contribution in [-0.2, 0) is 46.2 Å². The molecule has 262 valence electrons. The van der Waals surface area contributed by atoms with E-state index in [1.807, 2.05) is 6.07 Å². The molecule has 0 bridgehead atoms. The molecule has 0 aromatic heterocycles. The molecule has 0 aliphatic heterocycles. The van der Waals surface area contributed by atoms with Gasteiger partial charge in [0.2, 0.25) is 17.7 Å². The fourth-order valence-electron chi connectivity index (χ4n) is 4.09. The van der Waals surface area contributed by atoms with E-state index in [4.69, 9.17) is 18.9 Å². The summed E-state index contributed by atoms with van der Waals surface area (Å²) >= 11 is 0. The summed E-state index contributed by atoms with van der Waals surface area (Å²) in [5.41, 5.74) is -0.185. The predicted molar refractivity (Wildman–Crippen MR) is 175 cm³/mol. The van der Waals surface area contributed by atoms with Crippen LogP contribution in [0.15, 0.2) is 54.6 Å². The summed E-state index contributed by atoms with van der Waals surface area (Å²) in [6.07, 6.45) is -1.55. The van der Waals surface area contributed by atoms with Gasteiger partial charge in [0.05, 0.1) is 13.7 Å². The number of amides is 4. The molecule has 2 aromatic carbocycles. The Bertz CT molecular complexity index is 1420. The Balaban J connectivity index is 2.03. The van der Waals surface area contributed by atoms with Gasteiger partial charge in [-0.3, -0.25) is 14.4 Å². The zero-order valence-corrected chi connectivity index (χ0v) is 28.6. The van der Waals surface area contributed by atoms with Crippen molar-refractivity contribution in [2.24, 2.45) is 0 Å². The summed E-state index contributed by atoms with van der Waals surface area (Å²) < 4.78 is 20.4. The van der Waals surface area contributed by atoms with Gasteiger partial charge in [0.1, 0.15) is 35.1 Å². The fraction of sp³-hybridized carbons (Fsp3) is 0.471. The molecular weight excluding hydrogens is 624 g/mol. The van der Waals surface area contributed by atoms with Crippen LogP contribution in [0.25, 0.3) is 0 Å². The van der Waals surface area contributed by atoms with Gasteiger partial charge in [-0.05, 0) is 71.7 Å². The van der Waals surface area contributed by atoms with E-state index in [1.165, 1.54) is 26.2 Å². The third-order valence-corrected chi connectivity index (χ3v) is 6.24. The lowest BCUT2D eigenvalue weighted by molar-refractivity contribution is -0.145. The van der Waals surface area contributed by atoms with Gasteiger partial charge in [-0.1, -0.05) is 42.5 Å². The van der Waals surface area contributed by atoms with Crippen molar-refractivity contribution in [2.75, 3.05) is 13.7 Å². The van der Waals surface area contributed by atoms with E-state index in [1.54, 1.807) is 77.9 Å². The van der Waals surface area contributed by atoms with Crippen LogP contribution in [0.2, 0.25) is 0 Å². The Morgan fingerprint density at radius 2 is 1.25 bits per heavy atom. The highest BCUT2D eigenvalue weighted by molar-refractivity contribution is 5.93. The first-order valence-corrected chi connectivity index (χ1v) is 15.3. The fourth-order valence-corrected chi connectivity index (χ4v) is 4.09. The molecule has 14 nitrogen and oxygen atoms in total. The zero-order valence-electron chi connectivity index (χ0n) is 28.6. The van der Waals surface area contributed by atoms with Gasteiger partial charge in [-0.2, -0.15) is 0 Å². The normalized spacial score (nSPS) is 13.1. The van der Waals surface area contributed by atoms with Gasteiger partial charge < -0.3 is 40.2 Å². The quantitative estimate of drug-likeness (QED) is 0.140. The molecule has 3 unspecified atom stereocenters. The maximum Gasteiger partial charge on any atom is 0.514 e. The third kappa shape index (κ3) is 15.0. The van der Waals surface area contributed by atoms with E-state index in [0.29, 0.717) is 5.56 Å². The first-order valence-electron chi connectivity index (χ1n) is 15.3. The van der Waals surface area contributed by atoms with Crippen molar-refractivity contribution in [3.8, 4) is 5.75 Å². The van der Waals surface area contributed by atoms with Crippen molar-refractivity contribution < 1.29 is 47.7 Å². The molecule has 0 saturated carbocycles. The van der Waals surface area contributed by atoms with Crippen molar-refractivity contribution in [1.82, 2.24) is 21.3 Å². The predicted octanol–water partition coefficient (Wildman–Crippen LogP) is 2.96. The van der Waals surface area contributed by atoms with E-state index in [2.05, 4.69) is 21.3 Å². The summed E-state index contributed by atoms with van der Waals surface area (Å²) in [4.78, 5) is 75.5. The molecule has 3 atom stereocenters. The Morgan fingerprint density at radius 3 is 1.81 bits per heavy atom. The van der Waals surface area contributed by atoms with Crippen LogP contribution in [0.1, 0.15) is 59.6 Å². The number of carbonyl (C=O) groups is 6. The number of ether oxygens (including phenoxy) is 4. The minimum absolute atomic E-state index is 0.00906. The minimum Gasteiger partial charge on any atom is -0.467 e. The average Bonchev–Trinajstić information content (AvgIpc) is 2.98. The Morgan fingerprint density at radius 1 is 0.688 bits per heavy atom. The smallest absolute Gasteiger partial charge is 0.467 e. The SMILES string of the molecule is COC(=O)C(Cc1ccccc1)NC(=O)CNC(=O)C(C)NC(=O)C(Cc1ccc(OC(=O)OC(C)(C)C)cc1)NC(=O)OC(C)(C)C. The Labute approximate surface area is 280 Å². The highest BCUT2D eigenvalue weighted by atomic mass is 16.7. The van der Waals surface area contributed by atoms with E-state index in [-0.39, 0.29) is 18.6 Å². The Kier molecular flexibility index (Phi) is 14.4. The van der Waals surface area contributed by atoms with E-state index in [0.717, 1.165) is 5.56 Å². The standard InChI is InChI=1S/C34H46N4O10/c1-21(28(40)35-20-27(39)37-26(30(42)45-8)19-22-12-10-9-11-13-22)36-29(41)25(38-31(43)47-33(2,3)4)18-23-14-16-24(17-15-23)46-32(44)48-34(5,6)7/h9-17,21,25-26H,18-20H2,1-8H3,(H,35,40)(H,36,41)(H,37,39)(H,38,43). The molecule has 4 amide bonds. The lowest BCUT2D eigenvalue weighted by Gasteiger charge is -2.24. The second kappa shape index (κ2) is 17.7. The van der Waals surface area contributed by atoms with Gasteiger partial charge in [-0.15, -0.1) is 0 Å². The maximum atomic E-state index is 13.3. The van der Waals surface area contributed by atoms with Gasteiger partial charge in [0.25, 0.3) is 0 Å². The topological polar surface area (TPSA) is 187 Å². The summed E-state index contributed by atoms with van der Waals surface area (Å²) in [7, 11) is 1.21. The average molecular weight is 671 g/mol. The number of esters is 1. The molecule has 2 aromatic rings. The summed E-state index contributed by atoms with van der Waals surface area (Å²) in [6.45, 7) is 11.1. The van der Waals surface area contributed by atoms with E-state index >= 15 is 0 Å². The van der Waals surface area contributed by atoms with Gasteiger partial charge >= 0.3 is 18.2 Å². The second-order valence-electron chi connectivity index (χ2n) is 12.9. The van der Waals surface area contributed by atoms with Crippen LogP contribution < -0.4 is 26.0 Å². The van der Waals surface area contributed by atoms with Crippen molar-refractivity contribution in [1.29, 1.82) is 0 Å². The van der Waals surface area contributed by atoms with Crippen LogP contribution in [0.3, 0.4) is 0 Å². The monoisotopic (exact) mass is 670 g/mol. The summed E-state index contributed by atoms with van der Waals surface area (Å²) in [5, 5.41) is 10.0. The molecule has 0 spiro atoms. The first-order chi connectivity index (χ1) is 22.3. The molecular formula is C34H46N4O10. The van der Waals surface area contributed by atoms with Gasteiger partial charge in [-0.25, -0.2) is 14.4 Å². The lowest BCUT2D eigenvalue weighted by atomic mass is 10.0. The van der Waals surface area contributed by atoms with Crippen molar-refractivity contribution in [3.05, 3.63) is 65.7 Å². The number of rotatable bonds is 13. The number of methoxy groups -OCH3 is 1. The van der Waals surface area contributed by atoms with Crippen molar-refractivity contribution in [2.45, 2.75) is 90.6 Å². The van der Waals surface area contributed by atoms with Crippen LogP contribution in [0.5, 0.6) is 5.75 Å². The molecule has 0 fully saturated rings. The van der Waals surface area contributed by atoms with Gasteiger partial charge in [0, 0.05) is 12.8 Å². The number of benzene rings is 2. The zero-order chi connectivity index (χ0) is 36.1. The summed E-state index contributed by atoms with van der Waals surface area (Å²) in [5.74, 6) is -2.46. The highest BCUT2D eigenvalue weighted by Gasteiger charge is 2.28. The van der Waals surface area contributed by atoms with Crippen LogP contribution in [0, 0.1) is 0 Å². The molecule has 48 heavy (non-hydrogen) atoms. The molecule has 0 heterocycles. The number of hydrogen-bond donors (Lipinski definition) is 4. The maximum absolute atomic E-state index is 13.3. The van der Waals surface area contributed by atoms with E-state index in [9.17, 15) is 28.8 Å². The molecule has 0 radical (unpaired) electrons. The largest absolute Gasteiger partial charge is 0.514 e. The van der Waals surface area contributed by atoms with Gasteiger partial charge in [0.15, 0.2) is 0 Å². The molecule has 2 rings (SSSR count). The highest BCUT2D eigenvalue weighted by Crippen LogP contribution is 2.17. The minimum atomic E-state index is -1.17. The lowest BCUT2D eigenvalue weighted by Crippen LogP contribution is -2.55. The van der Waals surface area contributed by atoms with Crippen LogP contribution >= 0.6 is 0 Å². The van der Waals surface area contributed by atoms with Crippen LogP contribution in [0.4, 0.5) is 9.59 Å². The molecule has 0 aliphatic carbocycles. The molecule has 0 saturated heterocycles. The number of alkyl carbamates (subject to hydrolysis) is 1. The van der Waals surface area contributed by atoms with E-state index < -0.39 is 71.8 Å². The molecule has 4 N–H and O–H groups in total. The third-order valence-electron chi connectivity index (χ3n) is 6.24. The number of hydrogen-bond acceptors (Lipinski definition) is 10. The Hall–Kier alpha value is -5.14. The van der Waals surface area contributed by atoms with Crippen molar-refractivity contribution in [3.63, 3.8) is 0 Å². The first kappa shape index (κ1) is 39.0.